The molecule has 1 aromatic carbocycles. The molecule has 0 unspecified atom stereocenters. The predicted octanol–water partition coefficient (Wildman–Crippen LogP) is 2.54. The lowest BCUT2D eigenvalue weighted by Gasteiger charge is -2.24. The predicted molar refractivity (Wildman–Crippen MR) is 64.1 cm³/mol. The number of hydrogen-bond acceptors (Lipinski definition) is 3. The molecule has 0 fully saturated rings. The summed E-state index contributed by atoms with van der Waals surface area (Å²) in [5, 5.41) is 0. The molecule has 0 saturated heterocycles. The van der Waals surface area contributed by atoms with Crippen LogP contribution in [0.5, 0.6) is 0 Å². The highest BCUT2D eigenvalue weighted by Gasteiger charge is 2.36. The van der Waals surface area contributed by atoms with Crippen molar-refractivity contribution >= 4 is 9.84 Å². The first-order valence-electron chi connectivity index (χ1n) is 5.26. The van der Waals surface area contributed by atoms with Gasteiger partial charge in [0.15, 0.2) is 4.93 Å². The highest BCUT2D eigenvalue weighted by atomic mass is 32.2. The highest BCUT2D eigenvalue weighted by molar-refractivity contribution is 7.92. The minimum Gasteiger partial charge on any atom is -0.360 e. The van der Waals surface area contributed by atoms with Gasteiger partial charge >= 0.3 is 0 Å². The second-order valence-electron chi connectivity index (χ2n) is 4.15. The van der Waals surface area contributed by atoms with Crippen molar-refractivity contribution in [1.29, 1.82) is 0 Å². The summed E-state index contributed by atoms with van der Waals surface area (Å²) in [4.78, 5) is -0.881. The minimum atomic E-state index is -3.44. The minimum absolute atomic E-state index is 0.302. The Kier molecular flexibility index (Phi) is 3.76. The Balaban J connectivity index is 3.16. The Morgan fingerprint density at radius 1 is 1.19 bits per heavy atom. The Morgan fingerprint density at radius 3 is 2.12 bits per heavy atom. The van der Waals surface area contributed by atoms with Gasteiger partial charge in [-0.25, -0.2) is 8.42 Å². The van der Waals surface area contributed by atoms with Gasteiger partial charge in [-0.3, -0.25) is 0 Å². The average molecular weight is 242 g/mol. The molecule has 0 radical (unpaired) electrons. The van der Waals surface area contributed by atoms with E-state index in [1.54, 1.807) is 45.0 Å². The highest BCUT2D eigenvalue weighted by Crippen LogP contribution is 2.26. The summed E-state index contributed by atoms with van der Waals surface area (Å²) in [6, 6.07) is 6.81. The van der Waals surface area contributed by atoms with Crippen LogP contribution in [-0.4, -0.2) is 20.0 Å². The zero-order valence-electron chi connectivity index (χ0n) is 10.1. The van der Waals surface area contributed by atoms with Crippen LogP contribution in [0.4, 0.5) is 0 Å². The third-order valence-corrected chi connectivity index (χ3v) is 4.78. The number of rotatable bonds is 4. The largest absolute Gasteiger partial charge is 0.360 e. The molecule has 4 heteroatoms. The third kappa shape index (κ3) is 2.44. The number of aryl methyl sites for hydroxylation is 1. The van der Waals surface area contributed by atoms with Crippen molar-refractivity contribution in [3.05, 3.63) is 29.8 Å². The zero-order valence-corrected chi connectivity index (χ0v) is 11.0. The maximum atomic E-state index is 12.2. The molecule has 0 heterocycles. The third-order valence-electron chi connectivity index (χ3n) is 2.47. The Bertz CT molecular complexity index is 444. The van der Waals surface area contributed by atoms with Gasteiger partial charge in [0, 0.05) is 6.61 Å². The van der Waals surface area contributed by atoms with Crippen molar-refractivity contribution in [1.82, 2.24) is 0 Å². The normalized spacial score (nSPS) is 12.8. The van der Waals surface area contributed by atoms with Crippen LogP contribution in [0.3, 0.4) is 0 Å². The fraction of sp³-hybridized carbons (Fsp3) is 0.500. The van der Waals surface area contributed by atoms with Crippen LogP contribution < -0.4 is 0 Å². The van der Waals surface area contributed by atoms with Crippen LogP contribution in [0.2, 0.25) is 0 Å². The zero-order chi connectivity index (χ0) is 12.4. The second kappa shape index (κ2) is 4.55. The number of benzene rings is 1. The molecule has 0 spiro atoms. The summed E-state index contributed by atoms with van der Waals surface area (Å²) < 4.78 is 29.8. The topological polar surface area (TPSA) is 43.4 Å². The van der Waals surface area contributed by atoms with Gasteiger partial charge in [0.05, 0.1) is 4.90 Å². The molecule has 3 nitrogen and oxygen atoms in total. The van der Waals surface area contributed by atoms with Crippen LogP contribution in [-0.2, 0) is 14.6 Å². The SMILES string of the molecule is CCOC(C)(C)S(=O)(=O)c1ccc(C)cc1. The molecule has 1 aromatic rings. The monoisotopic (exact) mass is 242 g/mol. The molecule has 0 aliphatic carbocycles. The summed E-state index contributed by atoms with van der Waals surface area (Å²) in [5.41, 5.74) is 1.04. The fourth-order valence-corrected chi connectivity index (χ4v) is 2.76. The van der Waals surface area contributed by atoms with Gasteiger partial charge in [0.2, 0.25) is 9.84 Å². The first-order chi connectivity index (χ1) is 7.31. The molecular formula is C12H18O3S. The molecule has 0 amide bonds. The number of sulfone groups is 1. The molecule has 0 aliphatic heterocycles. The molecule has 0 N–H and O–H groups in total. The van der Waals surface area contributed by atoms with E-state index in [0.717, 1.165) is 5.56 Å². The van der Waals surface area contributed by atoms with Gasteiger partial charge in [-0.15, -0.1) is 0 Å². The van der Waals surface area contributed by atoms with Gasteiger partial charge in [-0.05, 0) is 39.8 Å². The van der Waals surface area contributed by atoms with Gasteiger partial charge in [0.1, 0.15) is 0 Å². The Morgan fingerprint density at radius 2 is 1.69 bits per heavy atom. The van der Waals surface area contributed by atoms with Crippen molar-refractivity contribution in [2.24, 2.45) is 0 Å². The van der Waals surface area contributed by atoms with Crippen LogP contribution in [0.25, 0.3) is 0 Å². The Labute approximate surface area is 97.4 Å². The molecule has 0 saturated carbocycles. The summed E-state index contributed by atoms with van der Waals surface area (Å²) >= 11 is 0. The van der Waals surface area contributed by atoms with Gasteiger partial charge in [-0.2, -0.15) is 0 Å². The number of hydrogen-bond donors (Lipinski definition) is 0. The molecule has 0 bridgehead atoms. The second-order valence-corrected chi connectivity index (χ2v) is 6.61. The quantitative estimate of drug-likeness (QED) is 0.815. The van der Waals surface area contributed by atoms with Crippen molar-refractivity contribution in [3.63, 3.8) is 0 Å². The number of ether oxygens (including phenoxy) is 1. The molecule has 0 aliphatic rings. The van der Waals surface area contributed by atoms with E-state index in [1.165, 1.54) is 0 Å². The van der Waals surface area contributed by atoms with Crippen LogP contribution in [0.15, 0.2) is 29.2 Å². The fourth-order valence-electron chi connectivity index (χ4n) is 1.43. The Hall–Kier alpha value is -0.870. The maximum absolute atomic E-state index is 12.2. The van der Waals surface area contributed by atoms with E-state index < -0.39 is 14.8 Å². The molecule has 0 aromatic heterocycles. The van der Waals surface area contributed by atoms with Crippen molar-refractivity contribution in [2.75, 3.05) is 6.61 Å². The average Bonchev–Trinajstić information content (AvgIpc) is 2.18. The van der Waals surface area contributed by atoms with E-state index in [4.69, 9.17) is 4.74 Å². The van der Waals surface area contributed by atoms with E-state index in [1.807, 2.05) is 6.92 Å². The van der Waals surface area contributed by atoms with Crippen molar-refractivity contribution in [3.8, 4) is 0 Å². The summed E-state index contributed by atoms with van der Waals surface area (Å²) in [5.74, 6) is 0. The van der Waals surface area contributed by atoms with E-state index in [2.05, 4.69) is 0 Å². The first-order valence-corrected chi connectivity index (χ1v) is 6.75. The van der Waals surface area contributed by atoms with Crippen LogP contribution in [0, 0.1) is 6.92 Å². The smallest absolute Gasteiger partial charge is 0.207 e. The van der Waals surface area contributed by atoms with E-state index in [9.17, 15) is 8.42 Å². The lowest BCUT2D eigenvalue weighted by molar-refractivity contribution is 0.0539. The van der Waals surface area contributed by atoms with Crippen LogP contribution in [0.1, 0.15) is 26.3 Å². The van der Waals surface area contributed by atoms with Gasteiger partial charge in [0.25, 0.3) is 0 Å². The van der Waals surface area contributed by atoms with Crippen molar-refractivity contribution in [2.45, 2.75) is 37.5 Å². The lowest BCUT2D eigenvalue weighted by atomic mass is 10.2. The lowest BCUT2D eigenvalue weighted by Crippen LogP contribution is -2.35. The standard InChI is InChI=1S/C12H18O3S/c1-5-15-12(3,4)16(13,14)11-8-6-10(2)7-9-11/h6-9H,5H2,1-4H3. The summed E-state index contributed by atoms with van der Waals surface area (Å²) in [6.45, 7) is 7.23. The van der Waals surface area contributed by atoms with Gasteiger partial charge in [-0.1, -0.05) is 17.7 Å². The summed E-state index contributed by atoms with van der Waals surface area (Å²) in [7, 11) is -3.44. The molecule has 90 valence electrons. The molecule has 0 atom stereocenters. The van der Waals surface area contributed by atoms with E-state index in [0.29, 0.717) is 11.5 Å². The summed E-state index contributed by atoms with van der Waals surface area (Å²) in [6.07, 6.45) is 0. The maximum Gasteiger partial charge on any atom is 0.207 e. The van der Waals surface area contributed by atoms with E-state index in [-0.39, 0.29) is 0 Å². The molecular weight excluding hydrogens is 224 g/mol. The molecule has 16 heavy (non-hydrogen) atoms. The first kappa shape index (κ1) is 13.2. The molecule has 1 rings (SSSR count). The van der Waals surface area contributed by atoms with E-state index >= 15 is 0 Å². The van der Waals surface area contributed by atoms with Gasteiger partial charge < -0.3 is 4.74 Å². The van der Waals surface area contributed by atoms with Crippen molar-refractivity contribution < 1.29 is 13.2 Å². The van der Waals surface area contributed by atoms with Crippen LogP contribution >= 0.6 is 0 Å².